The third-order valence-electron chi connectivity index (χ3n) is 2.88. The minimum Gasteiger partial charge on any atom is -0.469 e. The number of Topliss-reactive ketones (excluding diaryl/α,β-unsaturated/α-hetero) is 1. The Morgan fingerprint density at radius 2 is 2.13 bits per heavy atom. The number of ether oxygens (including phenoxy) is 1. The van der Waals surface area contributed by atoms with E-state index in [0.29, 0.717) is 6.42 Å². The van der Waals surface area contributed by atoms with Gasteiger partial charge in [0.2, 0.25) is 0 Å². The molecule has 0 N–H and O–H groups in total. The van der Waals surface area contributed by atoms with Gasteiger partial charge in [0.25, 0.3) is 0 Å². The van der Waals surface area contributed by atoms with Crippen molar-refractivity contribution < 1.29 is 14.3 Å². The lowest BCUT2D eigenvalue weighted by Gasteiger charge is -2.28. The third-order valence-corrected chi connectivity index (χ3v) is 2.88. The summed E-state index contributed by atoms with van der Waals surface area (Å²) < 4.78 is 4.51. The second kappa shape index (κ2) is 5.85. The lowest BCUT2D eigenvalue weighted by molar-refractivity contribution is -0.142. The van der Waals surface area contributed by atoms with Crippen molar-refractivity contribution in [1.82, 2.24) is 4.90 Å². The zero-order valence-corrected chi connectivity index (χ0v) is 9.49. The third kappa shape index (κ3) is 4.00. The Balaban J connectivity index is 2.30. The Morgan fingerprint density at radius 1 is 1.40 bits per heavy atom. The van der Waals surface area contributed by atoms with Crippen LogP contribution < -0.4 is 0 Å². The van der Waals surface area contributed by atoms with Gasteiger partial charge in [0.1, 0.15) is 5.78 Å². The van der Waals surface area contributed by atoms with Crippen LogP contribution in [-0.4, -0.2) is 43.9 Å². The van der Waals surface area contributed by atoms with Crippen LogP contribution in [0, 0.1) is 5.92 Å². The number of hydrogen-bond acceptors (Lipinski definition) is 4. The van der Waals surface area contributed by atoms with Crippen molar-refractivity contribution in [2.24, 2.45) is 5.92 Å². The number of likely N-dealkylation sites (tertiary alicyclic amines) is 1. The topological polar surface area (TPSA) is 46.6 Å². The van der Waals surface area contributed by atoms with Crippen molar-refractivity contribution in [2.75, 3.05) is 27.2 Å². The van der Waals surface area contributed by atoms with Crippen LogP contribution in [0.4, 0.5) is 0 Å². The Morgan fingerprint density at radius 3 is 2.73 bits per heavy atom. The molecule has 4 heteroatoms. The van der Waals surface area contributed by atoms with Crippen molar-refractivity contribution in [3.63, 3.8) is 0 Å². The van der Waals surface area contributed by atoms with E-state index in [0.717, 1.165) is 25.9 Å². The van der Waals surface area contributed by atoms with Gasteiger partial charge in [0.05, 0.1) is 13.5 Å². The van der Waals surface area contributed by atoms with Gasteiger partial charge in [-0.2, -0.15) is 0 Å². The predicted octanol–water partition coefficient (Wildman–Crippen LogP) is 0.850. The summed E-state index contributed by atoms with van der Waals surface area (Å²) in [6.07, 6.45) is 2.58. The monoisotopic (exact) mass is 213 g/mol. The molecular weight excluding hydrogens is 194 g/mol. The Hall–Kier alpha value is -0.900. The second-order valence-electron chi connectivity index (χ2n) is 4.14. The number of rotatable bonds is 4. The van der Waals surface area contributed by atoms with Crippen molar-refractivity contribution in [2.45, 2.75) is 25.7 Å². The minimum atomic E-state index is -0.299. The first-order valence-corrected chi connectivity index (χ1v) is 5.41. The van der Waals surface area contributed by atoms with Crippen molar-refractivity contribution in [3.05, 3.63) is 0 Å². The number of piperidine rings is 1. The first-order chi connectivity index (χ1) is 7.13. The van der Waals surface area contributed by atoms with E-state index in [1.807, 2.05) is 7.05 Å². The van der Waals surface area contributed by atoms with Gasteiger partial charge in [-0.3, -0.25) is 9.59 Å². The zero-order valence-electron chi connectivity index (χ0n) is 9.49. The van der Waals surface area contributed by atoms with Crippen molar-refractivity contribution in [3.8, 4) is 0 Å². The molecule has 1 atom stereocenters. The van der Waals surface area contributed by atoms with E-state index in [4.69, 9.17) is 0 Å². The molecule has 1 rings (SSSR count). The molecule has 4 nitrogen and oxygen atoms in total. The summed E-state index contributed by atoms with van der Waals surface area (Å²) in [7, 11) is 3.38. The molecule has 0 aromatic heterocycles. The highest BCUT2D eigenvalue weighted by atomic mass is 16.5. The van der Waals surface area contributed by atoms with E-state index in [-0.39, 0.29) is 24.1 Å². The molecule has 1 heterocycles. The van der Waals surface area contributed by atoms with Crippen LogP contribution >= 0.6 is 0 Å². The molecular formula is C11H19NO3. The fraction of sp³-hybridized carbons (Fsp3) is 0.818. The van der Waals surface area contributed by atoms with Gasteiger partial charge in [-0.05, 0) is 26.4 Å². The van der Waals surface area contributed by atoms with E-state index in [1.165, 1.54) is 7.11 Å². The number of hydrogen-bond donors (Lipinski definition) is 0. The molecule has 0 saturated carbocycles. The van der Waals surface area contributed by atoms with E-state index in [9.17, 15) is 9.59 Å². The van der Waals surface area contributed by atoms with Crippen LogP contribution in [0.25, 0.3) is 0 Å². The van der Waals surface area contributed by atoms with Crippen LogP contribution in [0.1, 0.15) is 25.7 Å². The summed E-state index contributed by atoms with van der Waals surface area (Å²) in [5, 5.41) is 0. The zero-order chi connectivity index (χ0) is 11.3. The Kier molecular flexibility index (Phi) is 4.75. The van der Waals surface area contributed by atoms with Gasteiger partial charge < -0.3 is 9.64 Å². The normalized spacial score (nSPS) is 22.4. The van der Waals surface area contributed by atoms with E-state index >= 15 is 0 Å². The summed E-state index contributed by atoms with van der Waals surface area (Å²) in [6.45, 7) is 1.90. The Bertz CT molecular complexity index is 240. The number of carbonyl (C=O) groups is 2. The highest BCUT2D eigenvalue weighted by Crippen LogP contribution is 2.17. The molecule has 15 heavy (non-hydrogen) atoms. The maximum Gasteiger partial charge on any atom is 0.305 e. The SMILES string of the molecule is COC(=O)CCC(=O)C1CCCN(C)C1. The number of esters is 1. The molecule has 0 amide bonds. The van der Waals surface area contributed by atoms with Crippen molar-refractivity contribution in [1.29, 1.82) is 0 Å². The number of carbonyl (C=O) groups excluding carboxylic acids is 2. The molecule has 1 fully saturated rings. The molecule has 86 valence electrons. The standard InChI is InChI=1S/C11H19NO3/c1-12-7-3-4-9(8-12)10(13)5-6-11(14)15-2/h9H,3-8H2,1-2H3. The molecule has 1 aliphatic rings. The van der Waals surface area contributed by atoms with Crippen LogP contribution in [0.15, 0.2) is 0 Å². The summed E-state index contributed by atoms with van der Waals surface area (Å²) >= 11 is 0. The summed E-state index contributed by atoms with van der Waals surface area (Å²) in [4.78, 5) is 24.8. The van der Waals surface area contributed by atoms with Crippen LogP contribution in [0.5, 0.6) is 0 Å². The number of nitrogens with zero attached hydrogens (tertiary/aromatic N) is 1. The fourth-order valence-electron chi connectivity index (χ4n) is 1.96. The molecule has 1 saturated heterocycles. The molecule has 0 radical (unpaired) electrons. The molecule has 0 aromatic carbocycles. The maximum atomic E-state index is 11.7. The lowest BCUT2D eigenvalue weighted by Crippen LogP contribution is -2.36. The summed E-state index contributed by atoms with van der Waals surface area (Å²) in [5.41, 5.74) is 0. The van der Waals surface area contributed by atoms with Gasteiger partial charge in [-0.15, -0.1) is 0 Å². The van der Waals surface area contributed by atoms with E-state index in [1.54, 1.807) is 0 Å². The lowest BCUT2D eigenvalue weighted by atomic mass is 9.92. The average molecular weight is 213 g/mol. The smallest absolute Gasteiger partial charge is 0.305 e. The van der Waals surface area contributed by atoms with Gasteiger partial charge in [0, 0.05) is 18.9 Å². The summed E-state index contributed by atoms with van der Waals surface area (Å²) in [6, 6.07) is 0. The average Bonchev–Trinajstić information content (AvgIpc) is 2.25. The van der Waals surface area contributed by atoms with Gasteiger partial charge in [-0.25, -0.2) is 0 Å². The highest BCUT2D eigenvalue weighted by molar-refractivity contribution is 5.84. The minimum absolute atomic E-state index is 0.119. The molecule has 0 spiro atoms. The largest absolute Gasteiger partial charge is 0.469 e. The predicted molar refractivity (Wildman–Crippen MR) is 56.5 cm³/mol. The molecule has 0 bridgehead atoms. The number of ketones is 1. The van der Waals surface area contributed by atoms with Crippen LogP contribution in [-0.2, 0) is 14.3 Å². The summed E-state index contributed by atoms with van der Waals surface area (Å²) in [5.74, 6) is 0.0212. The Labute approximate surface area is 90.6 Å². The first-order valence-electron chi connectivity index (χ1n) is 5.41. The van der Waals surface area contributed by atoms with E-state index in [2.05, 4.69) is 9.64 Å². The molecule has 1 unspecified atom stereocenters. The molecule has 0 aromatic rings. The van der Waals surface area contributed by atoms with Gasteiger partial charge in [-0.1, -0.05) is 0 Å². The van der Waals surface area contributed by atoms with Gasteiger partial charge >= 0.3 is 5.97 Å². The quantitative estimate of drug-likeness (QED) is 0.649. The molecule has 0 aliphatic carbocycles. The van der Waals surface area contributed by atoms with Crippen molar-refractivity contribution >= 4 is 11.8 Å². The second-order valence-corrected chi connectivity index (χ2v) is 4.14. The molecule has 1 aliphatic heterocycles. The highest BCUT2D eigenvalue weighted by Gasteiger charge is 2.23. The van der Waals surface area contributed by atoms with Gasteiger partial charge in [0.15, 0.2) is 0 Å². The van der Waals surface area contributed by atoms with Crippen LogP contribution in [0.3, 0.4) is 0 Å². The van der Waals surface area contributed by atoms with Crippen LogP contribution in [0.2, 0.25) is 0 Å². The van der Waals surface area contributed by atoms with E-state index < -0.39 is 0 Å². The fourth-order valence-corrected chi connectivity index (χ4v) is 1.96. The number of methoxy groups -OCH3 is 1. The first kappa shape index (κ1) is 12.2. The maximum absolute atomic E-state index is 11.7.